The summed E-state index contributed by atoms with van der Waals surface area (Å²) in [6, 6.07) is -0.719. The number of allylic oxidation sites excluding steroid dienone is 14. The molecule has 3 atom stereocenters. The topological polar surface area (TPSA) is 95.9 Å². The van der Waals surface area contributed by atoms with Crippen molar-refractivity contribution in [3.63, 3.8) is 0 Å². The number of aliphatic hydroxyl groups is 2. The summed E-state index contributed by atoms with van der Waals surface area (Å²) in [6.07, 6.45) is 62.1. The highest BCUT2D eigenvalue weighted by atomic mass is 16.5. The Balaban J connectivity index is 4.71. The van der Waals surface area contributed by atoms with Gasteiger partial charge in [-0.2, -0.15) is 0 Å². The molecule has 0 spiro atoms. The predicted octanol–water partition coefficient (Wildman–Crippen LogP) is 15.2. The lowest BCUT2D eigenvalue weighted by molar-refractivity contribution is -0.151. The normalized spacial score (nSPS) is 14.0. The SMILES string of the molecule is CC/C=C/C/C=C/C/C=C/C/C=C/CCCCCC(=O)OC(CCCCCC/C=C\C/C=C\C/C=C\CCCCC)CC(=O)NC(CO)C(O)CCCCCCCCCCC. The quantitative estimate of drug-likeness (QED) is 0.0322. The second kappa shape index (κ2) is 48.1. The minimum Gasteiger partial charge on any atom is -0.462 e. The molecule has 6 nitrogen and oxygen atoms in total. The molecule has 0 bridgehead atoms. The maximum absolute atomic E-state index is 13.2. The maximum Gasteiger partial charge on any atom is 0.306 e. The maximum atomic E-state index is 13.2. The zero-order chi connectivity index (χ0) is 44.5. The van der Waals surface area contributed by atoms with E-state index in [1.165, 1.54) is 64.2 Å². The summed E-state index contributed by atoms with van der Waals surface area (Å²) in [6.45, 7) is 6.30. The number of amides is 1. The van der Waals surface area contributed by atoms with E-state index in [2.05, 4.69) is 111 Å². The Bertz CT molecular complexity index is 1180. The molecule has 61 heavy (non-hydrogen) atoms. The molecule has 0 rings (SSSR count). The first-order valence-corrected chi connectivity index (χ1v) is 25.3. The molecule has 0 saturated carbocycles. The van der Waals surface area contributed by atoms with Crippen molar-refractivity contribution in [1.29, 1.82) is 0 Å². The Morgan fingerprint density at radius 1 is 0.492 bits per heavy atom. The van der Waals surface area contributed by atoms with Crippen molar-refractivity contribution in [2.24, 2.45) is 0 Å². The van der Waals surface area contributed by atoms with Crippen molar-refractivity contribution >= 4 is 11.9 Å². The third kappa shape index (κ3) is 43.5. The highest BCUT2D eigenvalue weighted by Gasteiger charge is 2.24. The molecule has 1 amide bonds. The van der Waals surface area contributed by atoms with Crippen LogP contribution in [-0.4, -0.2) is 46.9 Å². The van der Waals surface area contributed by atoms with Crippen LogP contribution < -0.4 is 5.32 Å². The van der Waals surface area contributed by atoms with Crippen LogP contribution in [0.1, 0.15) is 226 Å². The monoisotopic (exact) mass is 850 g/mol. The molecule has 350 valence electrons. The van der Waals surface area contributed by atoms with Gasteiger partial charge in [0.15, 0.2) is 0 Å². The molecule has 6 heteroatoms. The Morgan fingerprint density at radius 2 is 0.885 bits per heavy atom. The molecule has 0 fully saturated rings. The van der Waals surface area contributed by atoms with Crippen molar-refractivity contribution in [3.05, 3.63) is 85.1 Å². The largest absolute Gasteiger partial charge is 0.462 e. The number of ether oxygens (including phenoxy) is 1. The summed E-state index contributed by atoms with van der Waals surface area (Å²) >= 11 is 0. The average Bonchev–Trinajstić information content (AvgIpc) is 3.25. The molecule has 3 unspecified atom stereocenters. The van der Waals surface area contributed by atoms with Crippen molar-refractivity contribution in [2.75, 3.05) is 6.61 Å². The van der Waals surface area contributed by atoms with Gasteiger partial charge in [0.25, 0.3) is 0 Å². The van der Waals surface area contributed by atoms with E-state index in [4.69, 9.17) is 4.74 Å². The molecule has 0 saturated heterocycles. The molecule has 0 aromatic heterocycles. The van der Waals surface area contributed by atoms with E-state index in [9.17, 15) is 19.8 Å². The molecule has 0 aliphatic carbocycles. The molecule has 0 radical (unpaired) electrons. The van der Waals surface area contributed by atoms with Gasteiger partial charge in [-0.05, 0) is 103 Å². The summed E-state index contributed by atoms with van der Waals surface area (Å²) in [7, 11) is 0. The van der Waals surface area contributed by atoms with Crippen LogP contribution in [0.2, 0.25) is 0 Å². The number of rotatable bonds is 44. The lowest BCUT2D eigenvalue weighted by Crippen LogP contribution is -2.46. The van der Waals surface area contributed by atoms with Crippen molar-refractivity contribution in [2.45, 2.75) is 244 Å². The Kier molecular flexibility index (Phi) is 45.7. The molecule has 3 N–H and O–H groups in total. The Morgan fingerprint density at radius 3 is 1.38 bits per heavy atom. The van der Waals surface area contributed by atoms with Crippen LogP contribution in [0.25, 0.3) is 0 Å². The van der Waals surface area contributed by atoms with Crippen molar-refractivity contribution < 1.29 is 24.5 Å². The molecular weight excluding hydrogens is 755 g/mol. The van der Waals surface area contributed by atoms with E-state index in [0.29, 0.717) is 19.3 Å². The van der Waals surface area contributed by atoms with E-state index >= 15 is 0 Å². The first-order valence-electron chi connectivity index (χ1n) is 25.3. The number of esters is 1. The van der Waals surface area contributed by atoms with Gasteiger partial charge in [0.05, 0.1) is 25.2 Å². The average molecular weight is 850 g/mol. The fourth-order valence-corrected chi connectivity index (χ4v) is 7.13. The van der Waals surface area contributed by atoms with Gasteiger partial charge in [0, 0.05) is 6.42 Å². The van der Waals surface area contributed by atoms with E-state index in [1.54, 1.807) is 0 Å². The molecule has 0 aliphatic heterocycles. The van der Waals surface area contributed by atoms with Crippen molar-refractivity contribution in [3.8, 4) is 0 Å². The van der Waals surface area contributed by atoms with Crippen LogP contribution in [0.3, 0.4) is 0 Å². The van der Waals surface area contributed by atoms with E-state index < -0.39 is 18.2 Å². The predicted molar refractivity (Wildman–Crippen MR) is 264 cm³/mol. The van der Waals surface area contributed by atoms with Crippen LogP contribution in [-0.2, 0) is 14.3 Å². The van der Waals surface area contributed by atoms with Gasteiger partial charge >= 0.3 is 5.97 Å². The molecule has 0 heterocycles. The lowest BCUT2D eigenvalue weighted by Gasteiger charge is -2.24. The van der Waals surface area contributed by atoms with Crippen LogP contribution in [0, 0.1) is 0 Å². The van der Waals surface area contributed by atoms with Crippen LogP contribution >= 0.6 is 0 Å². The lowest BCUT2D eigenvalue weighted by atomic mass is 10.0. The molecular formula is C55H95NO5. The first-order chi connectivity index (χ1) is 30.0. The van der Waals surface area contributed by atoms with E-state index in [1.807, 2.05) is 0 Å². The van der Waals surface area contributed by atoms with Crippen molar-refractivity contribution in [1.82, 2.24) is 5.32 Å². The van der Waals surface area contributed by atoms with Gasteiger partial charge < -0.3 is 20.3 Å². The number of carbonyl (C=O) groups is 2. The number of hydrogen-bond acceptors (Lipinski definition) is 5. The highest BCUT2D eigenvalue weighted by Crippen LogP contribution is 2.17. The van der Waals surface area contributed by atoms with Gasteiger partial charge in [0.2, 0.25) is 5.91 Å². The number of aliphatic hydroxyl groups excluding tert-OH is 2. The molecule has 0 aromatic rings. The summed E-state index contributed by atoms with van der Waals surface area (Å²) in [5, 5.41) is 23.7. The number of nitrogens with one attached hydrogen (secondary N) is 1. The van der Waals surface area contributed by atoms with E-state index in [0.717, 1.165) is 116 Å². The van der Waals surface area contributed by atoms with Crippen LogP contribution in [0.5, 0.6) is 0 Å². The Labute approximate surface area is 376 Å². The third-order valence-electron chi connectivity index (χ3n) is 11.0. The summed E-state index contributed by atoms with van der Waals surface area (Å²) in [5.41, 5.74) is 0. The van der Waals surface area contributed by atoms with Crippen LogP contribution in [0.4, 0.5) is 0 Å². The fraction of sp³-hybridized carbons (Fsp3) is 0.709. The minimum absolute atomic E-state index is 0.0454. The zero-order valence-electron chi connectivity index (χ0n) is 39.8. The van der Waals surface area contributed by atoms with Gasteiger partial charge in [0.1, 0.15) is 6.10 Å². The summed E-state index contributed by atoms with van der Waals surface area (Å²) < 4.78 is 5.91. The second-order valence-corrected chi connectivity index (χ2v) is 16.8. The third-order valence-corrected chi connectivity index (χ3v) is 11.0. The van der Waals surface area contributed by atoms with E-state index in [-0.39, 0.29) is 24.9 Å². The minimum atomic E-state index is -0.802. The number of unbranched alkanes of at least 4 members (excludes halogenated alkanes) is 18. The number of carbonyl (C=O) groups excluding carboxylic acids is 2. The number of hydrogen-bond donors (Lipinski definition) is 3. The Hall–Kier alpha value is -2.96. The van der Waals surface area contributed by atoms with Gasteiger partial charge in [-0.15, -0.1) is 0 Å². The molecule has 0 aliphatic rings. The van der Waals surface area contributed by atoms with Gasteiger partial charge in [-0.25, -0.2) is 0 Å². The van der Waals surface area contributed by atoms with Crippen LogP contribution in [0.15, 0.2) is 85.1 Å². The zero-order valence-corrected chi connectivity index (χ0v) is 39.8. The summed E-state index contributed by atoms with van der Waals surface area (Å²) in [5.74, 6) is -0.539. The first kappa shape index (κ1) is 58.0. The highest BCUT2D eigenvalue weighted by molar-refractivity contribution is 5.77. The van der Waals surface area contributed by atoms with Gasteiger partial charge in [-0.1, -0.05) is 196 Å². The fourth-order valence-electron chi connectivity index (χ4n) is 7.13. The second-order valence-electron chi connectivity index (χ2n) is 16.8. The smallest absolute Gasteiger partial charge is 0.306 e. The standard InChI is InChI=1S/C55H95NO5/c1-4-7-10-13-16-19-21-23-25-27-28-30-32-35-37-40-43-46-51(49-54(59)56-52(50-57)53(58)47-44-41-38-34-18-15-12-9-6-3)61-55(60)48-45-42-39-36-33-31-29-26-24-22-20-17-14-11-8-5-2/h8,11,16-17,19-20,23-26,28,30-31,33,51-53,57-58H,4-7,9-10,12-15,18,21-22,27,29,32,34-50H2,1-3H3,(H,56,59)/b11-8+,19-16-,20-17+,25-23-,26-24+,30-28-,33-31+. The summed E-state index contributed by atoms with van der Waals surface area (Å²) in [4.78, 5) is 26.1. The molecule has 0 aromatic carbocycles. The van der Waals surface area contributed by atoms with Gasteiger partial charge in [-0.3, -0.25) is 9.59 Å².